The molecule has 0 saturated heterocycles. The van der Waals surface area contributed by atoms with E-state index >= 15 is 0 Å². The van der Waals surface area contributed by atoms with E-state index in [1.807, 2.05) is 6.07 Å². The monoisotopic (exact) mass is 286 g/mol. The molecule has 0 fully saturated rings. The molecule has 0 radical (unpaired) electrons. The molecule has 0 atom stereocenters. The molecule has 0 aromatic carbocycles. The number of nitriles is 1. The van der Waals surface area contributed by atoms with Crippen LogP contribution in [-0.2, 0) is 0 Å². The molecule has 0 aliphatic rings. The first kappa shape index (κ1) is 9.37. The van der Waals surface area contributed by atoms with Crippen LogP contribution in [0.3, 0.4) is 0 Å². The minimum atomic E-state index is 0.524. The third kappa shape index (κ3) is 2.40. The Hall–Kier alpha value is -0.720. The summed E-state index contributed by atoms with van der Waals surface area (Å²) in [5.74, 6) is 2.79. The molecule has 0 aliphatic heterocycles. The molecule has 1 aromatic heterocycles. The first-order valence-electron chi connectivity index (χ1n) is 3.02. The van der Waals surface area contributed by atoms with Crippen LogP contribution in [0.5, 0.6) is 0 Å². The van der Waals surface area contributed by atoms with Crippen molar-refractivity contribution in [1.29, 1.82) is 5.26 Å². The lowest BCUT2D eigenvalue weighted by Gasteiger charge is -1.90. The molecule has 0 bridgehead atoms. The average molecular weight is 286 g/mol. The number of aromatic nitrogens is 1. The van der Waals surface area contributed by atoms with Crippen molar-refractivity contribution in [3.05, 3.63) is 29.6 Å². The van der Waals surface area contributed by atoms with Crippen molar-refractivity contribution in [3.63, 3.8) is 0 Å². The Bertz CT molecular complexity index is 373. The van der Waals surface area contributed by atoms with E-state index in [1.165, 1.54) is 8.93 Å². The lowest BCUT2D eigenvalue weighted by Crippen LogP contribution is -1.86. The third-order valence-electron chi connectivity index (χ3n) is 1.14. The highest BCUT2D eigenvalue weighted by Crippen LogP contribution is 2.08. The van der Waals surface area contributed by atoms with Gasteiger partial charge in [0.25, 0.3) is 0 Å². The van der Waals surface area contributed by atoms with Crippen LogP contribution in [0.15, 0.2) is 18.3 Å². The van der Waals surface area contributed by atoms with Gasteiger partial charge in [0.2, 0.25) is 0 Å². The van der Waals surface area contributed by atoms with Crippen LogP contribution in [0.1, 0.15) is 11.3 Å². The second-order valence-corrected chi connectivity index (χ2v) is 3.50. The highest BCUT2D eigenvalue weighted by atomic mass is 127. The first-order valence-corrected chi connectivity index (χ1v) is 6.38. The van der Waals surface area contributed by atoms with Gasteiger partial charge in [0.1, 0.15) is 11.8 Å². The number of hydrogen-bond donors (Lipinski definition) is 0. The third-order valence-corrected chi connectivity index (χ3v) is 1.98. The molecular weight excluding hydrogens is 283 g/mol. The van der Waals surface area contributed by atoms with Gasteiger partial charge in [-0.2, -0.15) is 5.26 Å². The lowest BCUT2D eigenvalue weighted by molar-refractivity contribution is 1.26. The summed E-state index contributed by atoms with van der Waals surface area (Å²) in [6, 6.07) is 5.45. The SMILES string of the molecule is N#Cc1cccnc1C#CSI. The smallest absolute Gasteiger partial charge is 0.131 e. The van der Waals surface area contributed by atoms with Crippen molar-refractivity contribution < 1.29 is 0 Å². The zero-order chi connectivity index (χ0) is 8.81. The van der Waals surface area contributed by atoms with Crippen LogP contribution < -0.4 is 0 Å². The largest absolute Gasteiger partial charge is 0.246 e. The van der Waals surface area contributed by atoms with Gasteiger partial charge in [-0.3, -0.25) is 0 Å². The molecule has 1 rings (SSSR count). The summed E-state index contributed by atoms with van der Waals surface area (Å²) in [6.45, 7) is 0. The Morgan fingerprint density at radius 2 is 2.42 bits per heavy atom. The molecule has 1 heterocycles. The van der Waals surface area contributed by atoms with E-state index < -0.39 is 0 Å². The number of halogens is 1. The van der Waals surface area contributed by atoms with Gasteiger partial charge in [-0.25, -0.2) is 4.98 Å². The van der Waals surface area contributed by atoms with Gasteiger partial charge in [0, 0.05) is 27.4 Å². The predicted molar refractivity (Wildman–Crippen MR) is 57.4 cm³/mol. The van der Waals surface area contributed by atoms with Crippen molar-refractivity contribution in [2.45, 2.75) is 0 Å². The molecule has 0 amide bonds. The molecule has 12 heavy (non-hydrogen) atoms. The van der Waals surface area contributed by atoms with Crippen LogP contribution in [0.4, 0.5) is 0 Å². The zero-order valence-corrected chi connectivity index (χ0v) is 8.89. The minimum Gasteiger partial charge on any atom is -0.246 e. The molecule has 2 nitrogen and oxygen atoms in total. The van der Waals surface area contributed by atoms with Crippen molar-refractivity contribution in [3.8, 4) is 17.2 Å². The molecule has 1 aromatic rings. The number of pyridine rings is 1. The minimum absolute atomic E-state index is 0.524. The summed E-state index contributed by atoms with van der Waals surface area (Å²) in [6.07, 6.45) is 1.63. The standard InChI is InChI=1S/C8H3IN2S/c9-12-5-3-8-7(6-10)2-1-4-11-8/h1-2,4H. The van der Waals surface area contributed by atoms with Crippen molar-refractivity contribution in [1.82, 2.24) is 4.98 Å². The highest BCUT2D eigenvalue weighted by molar-refractivity contribution is 14.2. The average Bonchev–Trinajstić information content (AvgIpc) is 2.15. The van der Waals surface area contributed by atoms with Gasteiger partial charge in [-0.15, -0.1) is 0 Å². The van der Waals surface area contributed by atoms with E-state index in [-0.39, 0.29) is 0 Å². The maximum atomic E-state index is 8.65. The van der Waals surface area contributed by atoms with Gasteiger partial charge in [0.05, 0.1) is 5.56 Å². The van der Waals surface area contributed by atoms with Gasteiger partial charge >= 0.3 is 0 Å². The molecule has 0 N–H and O–H groups in total. The fraction of sp³-hybridized carbons (Fsp3) is 0. The number of hydrogen-bond acceptors (Lipinski definition) is 3. The Kier molecular flexibility index (Phi) is 3.92. The van der Waals surface area contributed by atoms with Crippen molar-refractivity contribution in [2.24, 2.45) is 0 Å². The van der Waals surface area contributed by atoms with E-state index in [0.717, 1.165) is 0 Å². The van der Waals surface area contributed by atoms with E-state index in [1.54, 1.807) is 18.3 Å². The van der Waals surface area contributed by atoms with Crippen LogP contribution in [-0.4, -0.2) is 4.98 Å². The van der Waals surface area contributed by atoms with E-state index in [2.05, 4.69) is 37.4 Å². The molecule has 0 saturated carbocycles. The molecule has 0 aliphatic carbocycles. The quantitative estimate of drug-likeness (QED) is 0.542. The van der Waals surface area contributed by atoms with E-state index in [9.17, 15) is 0 Å². The molecular formula is C8H3IN2S. The van der Waals surface area contributed by atoms with Crippen molar-refractivity contribution >= 4 is 30.1 Å². The molecule has 4 heteroatoms. The lowest BCUT2D eigenvalue weighted by atomic mass is 10.2. The first-order chi connectivity index (χ1) is 5.88. The molecule has 0 unspecified atom stereocenters. The highest BCUT2D eigenvalue weighted by Gasteiger charge is 1.96. The van der Waals surface area contributed by atoms with Gasteiger partial charge in [0.15, 0.2) is 0 Å². The van der Waals surface area contributed by atoms with Gasteiger partial charge < -0.3 is 0 Å². The summed E-state index contributed by atoms with van der Waals surface area (Å²) >= 11 is 2.07. The number of nitrogens with zero attached hydrogens (tertiary/aromatic N) is 2. The fourth-order valence-corrected chi connectivity index (χ4v) is 1.13. The van der Waals surface area contributed by atoms with Gasteiger partial charge in [-0.1, -0.05) is 0 Å². The maximum absolute atomic E-state index is 8.65. The van der Waals surface area contributed by atoms with Crippen LogP contribution in [0.25, 0.3) is 0 Å². The van der Waals surface area contributed by atoms with Crippen molar-refractivity contribution in [2.75, 3.05) is 0 Å². The summed E-state index contributed by atoms with van der Waals surface area (Å²) < 4.78 is 0. The molecule has 0 spiro atoms. The Labute approximate surface area is 87.0 Å². The summed E-state index contributed by atoms with van der Waals surface area (Å²) in [4.78, 5) is 3.97. The van der Waals surface area contributed by atoms with Crippen LogP contribution in [0, 0.1) is 22.5 Å². The normalized spacial score (nSPS) is 8.00. The number of rotatable bonds is 0. The van der Waals surface area contributed by atoms with Crippen LogP contribution in [0.2, 0.25) is 0 Å². The second kappa shape index (κ2) is 5.02. The maximum Gasteiger partial charge on any atom is 0.131 e. The topological polar surface area (TPSA) is 36.7 Å². The van der Waals surface area contributed by atoms with E-state index in [0.29, 0.717) is 11.3 Å². The summed E-state index contributed by atoms with van der Waals surface area (Å²) in [5, 5.41) is 11.4. The Morgan fingerprint density at radius 3 is 3.08 bits per heavy atom. The second-order valence-electron chi connectivity index (χ2n) is 1.82. The van der Waals surface area contributed by atoms with Gasteiger partial charge in [-0.05, 0) is 32.2 Å². The summed E-state index contributed by atoms with van der Waals surface area (Å²) in [7, 11) is 1.38. The zero-order valence-electron chi connectivity index (χ0n) is 5.91. The Balaban J connectivity index is 3.07. The molecule has 58 valence electrons. The van der Waals surface area contributed by atoms with Crippen LogP contribution >= 0.6 is 30.1 Å². The van der Waals surface area contributed by atoms with E-state index in [4.69, 9.17) is 5.26 Å². The predicted octanol–water partition coefficient (Wildman–Crippen LogP) is 2.35. The summed E-state index contributed by atoms with van der Waals surface area (Å²) in [5.41, 5.74) is 1.07. The fourth-order valence-electron chi connectivity index (χ4n) is 0.663. The Morgan fingerprint density at radius 1 is 1.58 bits per heavy atom.